The molecule has 27 heavy (non-hydrogen) atoms. The number of nitrogens with zero attached hydrogens (tertiary/aromatic N) is 1. The van der Waals surface area contributed by atoms with Crippen molar-refractivity contribution in [1.29, 1.82) is 0 Å². The van der Waals surface area contributed by atoms with Gasteiger partial charge in [0, 0.05) is 24.0 Å². The lowest BCUT2D eigenvalue weighted by molar-refractivity contribution is -0.150. The van der Waals surface area contributed by atoms with Gasteiger partial charge in [-0.05, 0) is 49.8 Å². The summed E-state index contributed by atoms with van der Waals surface area (Å²) in [6.07, 6.45) is 3.47. The number of carboxylic acids is 1. The van der Waals surface area contributed by atoms with Crippen molar-refractivity contribution in [3.05, 3.63) is 34.9 Å². The molecule has 3 rings (SSSR count). The van der Waals surface area contributed by atoms with Crippen LogP contribution in [0.5, 0.6) is 0 Å². The molecule has 1 aliphatic carbocycles. The Labute approximate surface area is 163 Å². The van der Waals surface area contributed by atoms with Crippen molar-refractivity contribution in [1.82, 2.24) is 10.2 Å². The first-order chi connectivity index (χ1) is 12.9. The van der Waals surface area contributed by atoms with Crippen LogP contribution >= 0.6 is 11.6 Å². The van der Waals surface area contributed by atoms with Crippen molar-refractivity contribution in [3.63, 3.8) is 0 Å². The highest BCUT2D eigenvalue weighted by molar-refractivity contribution is 6.30. The average Bonchev–Trinajstić information content (AvgIpc) is 3.51. The van der Waals surface area contributed by atoms with Gasteiger partial charge in [-0.3, -0.25) is 9.59 Å². The van der Waals surface area contributed by atoms with E-state index in [0.29, 0.717) is 30.1 Å². The van der Waals surface area contributed by atoms with Gasteiger partial charge in [0.2, 0.25) is 11.8 Å². The number of carbonyl (C=O) groups excluding carboxylic acids is 2. The Balaban J connectivity index is 1.76. The van der Waals surface area contributed by atoms with Gasteiger partial charge in [0.05, 0.1) is 5.92 Å². The first-order valence-corrected chi connectivity index (χ1v) is 9.85. The summed E-state index contributed by atoms with van der Waals surface area (Å²) < 4.78 is 0. The molecule has 1 aromatic rings. The molecule has 0 bridgehead atoms. The van der Waals surface area contributed by atoms with Crippen LogP contribution in [-0.2, 0) is 19.9 Å². The predicted octanol–water partition coefficient (Wildman–Crippen LogP) is 2.79. The number of carboxylic acid groups (broad SMARTS) is 1. The zero-order valence-electron chi connectivity index (χ0n) is 15.4. The molecule has 1 saturated carbocycles. The van der Waals surface area contributed by atoms with Gasteiger partial charge in [-0.1, -0.05) is 30.7 Å². The molecule has 2 fully saturated rings. The lowest BCUT2D eigenvalue weighted by Gasteiger charge is -2.36. The third kappa shape index (κ3) is 4.10. The normalized spacial score (nSPS) is 22.0. The highest BCUT2D eigenvalue weighted by atomic mass is 35.5. The van der Waals surface area contributed by atoms with Crippen LogP contribution in [-0.4, -0.2) is 40.9 Å². The van der Waals surface area contributed by atoms with Gasteiger partial charge in [0.15, 0.2) is 5.54 Å². The topological polar surface area (TPSA) is 86.7 Å². The van der Waals surface area contributed by atoms with Crippen LogP contribution in [0.15, 0.2) is 24.3 Å². The summed E-state index contributed by atoms with van der Waals surface area (Å²) in [5, 5.41) is 13.2. The largest absolute Gasteiger partial charge is 0.479 e. The van der Waals surface area contributed by atoms with Gasteiger partial charge in [0.1, 0.15) is 0 Å². The second-order valence-corrected chi connectivity index (χ2v) is 7.89. The molecule has 2 unspecified atom stereocenters. The number of piperidine rings is 1. The fourth-order valence-corrected chi connectivity index (χ4v) is 3.85. The van der Waals surface area contributed by atoms with E-state index in [0.717, 1.165) is 19.3 Å². The van der Waals surface area contributed by atoms with Gasteiger partial charge in [-0.25, -0.2) is 4.79 Å². The van der Waals surface area contributed by atoms with Gasteiger partial charge >= 0.3 is 5.97 Å². The number of halogens is 1. The molecule has 0 aromatic heterocycles. The second kappa shape index (κ2) is 7.89. The Morgan fingerprint density at radius 2 is 1.85 bits per heavy atom. The van der Waals surface area contributed by atoms with Crippen LogP contribution in [0.3, 0.4) is 0 Å². The summed E-state index contributed by atoms with van der Waals surface area (Å²) >= 11 is 5.92. The summed E-state index contributed by atoms with van der Waals surface area (Å²) in [7, 11) is 0. The van der Waals surface area contributed by atoms with Crippen LogP contribution < -0.4 is 5.32 Å². The maximum atomic E-state index is 12.9. The third-order valence-electron chi connectivity index (χ3n) is 5.60. The first-order valence-electron chi connectivity index (χ1n) is 9.47. The predicted molar refractivity (Wildman–Crippen MR) is 101 cm³/mol. The minimum atomic E-state index is -1.51. The lowest BCUT2D eigenvalue weighted by Crippen LogP contribution is -2.55. The number of rotatable bonds is 6. The van der Waals surface area contributed by atoms with E-state index in [-0.39, 0.29) is 30.1 Å². The maximum absolute atomic E-state index is 12.9. The standard InChI is InChI=1S/C20H25ClN2O4/c1-2-20(19(26)27,15-7-9-16(21)10-8-15)22-17(24)14-4-3-11-23(12-14)18(25)13-5-6-13/h7-10,13-14H,2-6,11-12H2,1H3,(H,22,24)(H,26,27). The second-order valence-electron chi connectivity index (χ2n) is 7.46. The molecule has 0 radical (unpaired) electrons. The molecule has 7 heteroatoms. The van der Waals surface area contributed by atoms with Gasteiger partial charge < -0.3 is 15.3 Å². The minimum Gasteiger partial charge on any atom is -0.479 e. The van der Waals surface area contributed by atoms with Crippen molar-refractivity contribution < 1.29 is 19.5 Å². The van der Waals surface area contributed by atoms with Gasteiger partial charge in [0.25, 0.3) is 0 Å². The van der Waals surface area contributed by atoms with Crippen molar-refractivity contribution >= 4 is 29.4 Å². The van der Waals surface area contributed by atoms with Crippen LogP contribution in [0.1, 0.15) is 44.6 Å². The summed E-state index contributed by atoms with van der Waals surface area (Å²) in [6, 6.07) is 6.49. The third-order valence-corrected chi connectivity index (χ3v) is 5.85. The Morgan fingerprint density at radius 1 is 1.19 bits per heavy atom. The monoisotopic (exact) mass is 392 g/mol. The summed E-state index contributed by atoms with van der Waals surface area (Å²) in [5.74, 6) is -1.57. The summed E-state index contributed by atoms with van der Waals surface area (Å²) in [4.78, 5) is 39.1. The molecule has 2 N–H and O–H groups in total. The molecule has 6 nitrogen and oxygen atoms in total. The number of carbonyl (C=O) groups is 3. The van der Waals surface area contributed by atoms with E-state index in [1.165, 1.54) is 0 Å². The number of hydrogen-bond donors (Lipinski definition) is 2. The van der Waals surface area contributed by atoms with Crippen LogP contribution in [0.2, 0.25) is 5.02 Å². The quantitative estimate of drug-likeness (QED) is 0.779. The number of aliphatic carboxylic acids is 1. The molecular weight excluding hydrogens is 368 g/mol. The van der Waals surface area contributed by atoms with Crippen molar-refractivity contribution in [2.75, 3.05) is 13.1 Å². The average molecular weight is 393 g/mol. The minimum absolute atomic E-state index is 0.120. The zero-order chi connectivity index (χ0) is 19.6. The molecule has 146 valence electrons. The number of amides is 2. The first kappa shape index (κ1) is 19.7. The molecule has 0 spiro atoms. The van der Waals surface area contributed by atoms with E-state index in [4.69, 9.17) is 11.6 Å². The molecule has 1 heterocycles. The van der Waals surface area contributed by atoms with Crippen molar-refractivity contribution in [2.24, 2.45) is 11.8 Å². The molecule has 2 amide bonds. The maximum Gasteiger partial charge on any atom is 0.334 e. The molecule has 1 saturated heterocycles. The van der Waals surface area contributed by atoms with Crippen molar-refractivity contribution in [3.8, 4) is 0 Å². The Kier molecular flexibility index (Phi) is 5.75. The number of benzene rings is 1. The smallest absolute Gasteiger partial charge is 0.334 e. The van der Waals surface area contributed by atoms with Crippen LogP contribution in [0, 0.1) is 11.8 Å². The zero-order valence-corrected chi connectivity index (χ0v) is 16.2. The van der Waals surface area contributed by atoms with E-state index >= 15 is 0 Å². The van der Waals surface area contributed by atoms with Crippen molar-refractivity contribution in [2.45, 2.75) is 44.6 Å². The van der Waals surface area contributed by atoms with Gasteiger partial charge in [-0.2, -0.15) is 0 Å². The van der Waals surface area contributed by atoms with E-state index in [9.17, 15) is 19.5 Å². The van der Waals surface area contributed by atoms with Gasteiger partial charge in [-0.15, -0.1) is 0 Å². The van der Waals surface area contributed by atoms with Crippen LogP contribution in [0.25, 0.3) is 0 Å². The lowest BCUT2D eigenvalue weighted by atomic mass is 9.85. The number of nitrogens with one attached hydrogen (secondary N) is 1. The molecular formula is C20H25ClN2O4. The molecule has 1 aromatic carbocycles. The Bertz CT molecular complexity index is 732. The molecule has 2 aliphatic rings. The van der Waals surface area contributed by atoms with E-state index < -0.39 is 11.5 Å². The molecule has 1 aliphatic heterocycles. The number of likely N-dealkylation sites (tertiary alicyclic amines) is 1. The number of hydrogen-bond acceptors (Lipinski definition) is 3. The summed E-state index contributed by atoms with van der Waals surface area (Å²) in [6.45, 7) is 2.77. The fourth-order valence-electron chi connectivity index (χ4n) is 3.72. The Hall–Kier alpha value is -2.08. The highest BCUT2D eigenvalue weighted by Gasteiger charge is 2.43. The van der Waals surface area contributed by atoms with E-state index in [1.54, 1.807) is 36.1 Å². The SMILES string of the molecule is CCC(NC(=O)C1CCCN(C(=O)C2CC2)C1)(C(=O)O)c1ccc(Cl)cc1. The van der Waals surface area contributed by atoms with E-state index in [2.05, 4.69) is 5.32 Å². The van der Waals surface area contributed by atoms with E-state index in [1.807, 2.05) is 0 Å². The molecule has 2 atom stereocenters. The highest BCUT2D eigenvalue weighted by Crippen LogP contribution is 2.33. The Morgan fingerprint density at radius 3 is 2.41 bits per heavy atom. The van der Waals surface area contributed by atoms with Crippen LogP contribution in [0.4, 0.5) is 0 Å². The summed E-state index contributed by atoms with van der Waals surface area (Å²) in [5.41, 5.74) is -1.03. The fraction of sp³-hybridized carbons (Fsp3) is 0.550.